The Labute approximate surface area is 169 Å². The van der Waals surface area contributed by atoms with Gasteiger partial charge in [-0.2, -0.15) is 0 Å². The number of ether oxygens (including phenoxy) is 1. The number of rotatable bonds is 10. The second-order valence-electron chi connectivity index (χ2n) is 7.73. The molecule has 0 saturated carbocycles. The van der Waals surface area contributed by atoms with Crippen molar-refractivity contribution >= 4 is 5.96 Å². The van der Waals surface area contributed by atoms with Gasteiger partial charge in [-0.3, -0.25) is 14.7 Å². The van der Waals surface area contributed by atoms with E-state index in [-0.39, 0.29) is 11.7 Å². The Morgan fingerprint density at radius 2 is 2.18 bits per heavy atom. The van der Waals surface area contributed by atoms with Gasteiger partial charge in [-0.05, 0) is 31.7 Å². The molecule has 1 fully saturated rings. The Morgan fingerprint density at radius 1 is 1.32 bits per heavy atom. The minimum atomic E-state index is 0.0596. The number of nitrogens with one attached hydrogen (secondary N) is 2. The Bertz CT molecular complexity index is 644. The summed E-state index contributed by atoms with van der Waals surface area (Å²) >= 11 is 0. The molecule has 28 heavy (non-hydrogen) atoms. The fourth-order valence-electron chi connectivity index (χ4n) is 3.37. The number of hydrogen-bond donors (Lipinski definition) is 2. The molecule has 0 spiro atoms. The first-order valence-electron chi connectivity index (χ1n) is 10.6. The molecule has 1 aromatic heterocycles. The quantitative estimate of drug-likeness (QED) is 0.360. The molecule has 2 heterocycles. The van der Waals surface area contributed by atoms with Gasteiger partial charge in [0.25, 0.3) is 0 Å². The molecule has 0 radical (unpaired) electrons. The van der Waals surface area contributed by atoms with Crippen LogP contribution in [0, 0.1) is 5.92 Å². The van der Waals surface area contributed by atoms with Crippen molar-refractivity contribution in [2.45, 2.75) is 46.3 Å². The number of aromatic nitrogens is 1. The van der Waals surface area contributed by atoms with Crippen LogP contribution in [0.4, 0.5) is 0 Å². The minimum absolute atomic E-state index is 0.0596. The van der Waals surface area contributed by atoms with E-state index in [1.807, 2.05) is 12.3 Å². The molecule has 7 heteroatoms. The lowest BCUT2D eigenvalue weighted by Crippen LogP contribution is -2.46. The van der Waals surface area contributed by atoms with E-state index in [0.29, 0.717) is 12.5 Å². The molecular formula is C21H37N5O2. The van der Waals surface area contributed by atoms with E-state index in [9.17, 15) is 4.79 Å². The molecule has 2 N–H and O–H groups in total. The summed E-state index contributed by atoms with van der Waals surface area (Å²) in [5.74, 6) is 1.51. The van der Waals surface area contributed by atoms with Crippen molar-refractivity contribution in [3.63, 3.8) is 0 Å². The van der Waals surface area contributed by atoms with Crippen LogP contribution in [0.15, 0.2) is 34.2 Å². The summed E-state index contributed by atoms with van der Waals surface area (Å²) in [6.07, 6.45) is 3.93. The highest BCUT2D eigenvalue weighted by Crippen LogP contribution is 2.08. The second kappa shape index (κ2) is 12.6. The average molecular weight is 392 g/mol. The number of aryl methyl sites for hydroxylation is 1. The zero-order valence-corrected chi connectivity index (χ0v) is 17.7. The van der Waals surface area contributed by atoms with Gasteiger partial charge in [0.15, 0.2) is 5.96 Å². The zero-order chi connectivity index (χ0) is 20.2. The lowest BCUT2D eigenvalue weighted by atomic mass is 10.2. The highest BCUT2D eigenvalue weighted by atomic mass is 16.5. The molecule has 1 saturated heterocycles. The molecule has 1 aromatic rings. The smallest absolute Gasteiger partial charge is 0.250 e. The number of guanidine groups is 1. The minimum Gasteiger partial charge on any atom is -0.374 e. The van der Waals surface area contributed by atoms with E-state index < -0.39 is 0 Å². The zero-order valence-electron chi connectivity index (χ0n) is 17.7. The van der Waals surface area contributed by atoms with E-state index in [2.05, 4.69) is 36.3 Å². The van der Waals surface area contributed by atoms with E-state index >= 15 is 0 Å². The molecule has 7 nitrogen and oxygen atoms in total. The van der Waals surface area contributed by atoms with Gasteiger partial charge in [0.2, 0.25) is 5.56 Å². The lowest BCUT2D eigenvalue weighted by molar-refractivity contribution is -0.0261. The first kappa shape index (κ1) is 22.4. The van der Waals surface area contributed by atoms with Crippen molar-refractivity contribution in [3.05, 3.63) is 34.7 Å². The Balaban J connectivity index is 1.71. The molecule has 0 aromatic carbocycles. The van der Waals surface area contributed by atoms with Crippen LogP contribution < -0.4 is 16.2 Å². The molecule has 2 rings (SSSR count). The van der Waals surface area contributed by atoms with Crippen LogP contribution in [-0.4, -0.2) is 67.4 Å². The third-order valence-corrected chi connectivity index (χ3v) is 4.66. The number of unbranched alkanes of at least 4 members (excludes halogenated alkanes) is 1. The molecule has 1 atom stereocenters. The molecule has 1 unspecified atom stereocenters. The predicted molar refractivity (Wildman–Crippen MR) is 115 cm³/mol. The van der Waals surface area contributed by atoms with Gasteiger partial charge in [0, 0.05) is 51.5 Å². The first-order chi connectivity index (χ1) is 13.6. The molecule has 1 aliphatic rings. The standard InChI is InChI=1S/C21H37N5O2/c1-4-22-21(23-10-6-8-12-26-11-7-5-9-20(26)27)24-15-19-17-25(13-14-28-19)16-18(2)3/h5,7,9,11,18-19H,4,6,8,10,12-17H2,1-3H3,(H2,22,23,24). The van der Waals surface area contributed by atoms with Gasteiger partial charge in [0.05, 0.1) is 19.3 Å². The van der Waals surface area contributed by atoms with Crippen molar-refractivity contribution in [2.75, 3.05) is 45.9 Å². The van der Waals surface area contributed by atoms with E-state index in [4.69, 9.17) is 9.73 Å². The van der Waals surface area contributed by atoms with Crippen molar-refractivity contribution in [1.29, 1.82) is 0 Å². The van der Waals surface area contributed by atoms with E-state index in [1.165, 1.54) is 0 Å². The average Bonchev–Trinajstić information content (AvgIpc) is 2.67. The van der Waals surface area contributed by atoms with E-state index in [0.717, 1.165) is 64.7 Å². The lowest BCUT2D eigenvalue weighted by Gasteiger charge is -2.33. The molecule has 1 aliphatic heterocycles. The number of pyridine rings is 1. The van der Waals surface area contributed by atoms with Crippen LogP contribution in [0.1, 0.15) is 33.6 Å². The molecule has 158 valence electrons. The fourth-order valence-corrected chi connectivity index (χ4v) is 3.37. The van der Waals surface area contributed by atoms with Crippen LogP contribution in [0.2, 0.25) is 0 Å². The summed E-state index contributed by atoms with van der Waals surface area (Å²) in [4.78, 5) is 18.9. The van der Waals surface area contributed by atoms with Gasteiger partial charge in [-0.25, -0.2) is 0 Å². The SMILES string of the molecule is CCNC(=NCC1CN(CC(C)C)CCO1)NCCCCn1ccccc1=O. The molecule has 0 aliphatic carbocycles. The predicted octanol–water partition coefficient (Wildman–Crippen LogP) is 1.54. The third kappa shape index (κ3) is 8.44. The Hall–Kier alpha value is -1.86. The fraction of sp³-hybridized carbons (Fsp3) is 0.714. The summed E-state index contributed by atoms with van der Waals surface area (Å²) in [7, 11) is 0. The maximum Gasteiger partial charge on any atom is 0.250 e. The summed E-state index contributed by atoms with van der Waals surface area (Å²) in [6.45, 7) is 13.5. The van der Waals surface area contributed by atoms with Gasteiger partial charge in [-0.1, -0.05) is 19.9 Å². The van der Waals surface area contributed by atoms with Crippen LogP contribution in [0.5, 0.6) is 0 Å². The largest absolute Gasteiger partial charge is 0.374 e. The van der Waals surface area contributed by atoms with Gasteiger partial charge >= 0.3 is 0 Å². The molecule has 0 bridgehead atoms. The van der Waals surface area contributed by atoms with Crippen molar-refractivity contribution < 1.29 is 4.74 Å². The van der Waals surface area contributed by atoms with Gasteiger partial charge in [-0.15, -0.1) is 0 Å². The summed E-state index contributed by atoms with van der Waals surface area (Å²) in [6, 6.07) is 5.27. The maximum absolute atomic E-state index is 11.7. The van der Waals surface area contributed by atoms with Crippen molar-refractivity contribution in [1.82, 2.24) is 20.1 Å². The first-order valence-corrected chi connectivity index (χ1v) is 10.6. The normalized spacial score (nSPS) is 18.4. The van der Waals surface area contributed by atoms with E-state index in [1.54, 1.807) is 16.7 Å². The number of nitrogens with zero attached hydrogens (tertiary/aromatic N) is 3. The van der Waals surface area contributed by atoms with Crippen molar-refractivity contribution in [2.24, 2.45) is 10.9 Å². The Kier molecular flexibility index (Phi) is 10.1. The highest BCUT2D eigenvalue weighted by molar-refractivity contribution is 5.79. The van der Waals surface area contributed by atoms with Crippen LogP contribution in [0.3, 0.4) is 0 Å². The van der Waals surface area contributed by atoms with Crippen LogP contribution in [0.25, 0.3) is 0 Å². The molecular weight excluding hydrogens is 354 g/mol. The maximum atomic E-state index is 11.7. The highest BCUT2D eigenvalue weighted by Gasteiger charge is 2.20. The van der Waals surface area contributed by atoms with Crippen LogP contribution >= 0.6 is 0 Å². The number of morpholine rings is 1. The number of aliphatic imine (C=N–C) groups is 1. The summed E-state index contributed by atoms with van der Waals surface area (Å²) in [5, 5.41) is 6.68. The monoisotopic (exact) mass is 391 g/mol. The topological polar surface area (TPSA) is 70.9 Å². The Morgan fingerprint density at radius 3 is 2.93 bits per heavy atom. The number of hydrogen-bond acceptors (Lipinski definition) is 4. The van der Waals surface area contributed by atoms with Gasteiger partial charge in [0.1, 0.15) is 0 Å². The second-order valence-corrected chi connectivity index (χ2v) is 7.73. The third-order valence-electron chi connectivity index (χ3n) is 4.66. The summed E-state index contributed by atoms with van der Waals surface area (Å²) in [5.41, 5.74) is 0.0596. The van der Waals surface area contributed by atoms with Gasteiger partial charge < -0.3 is 19.9 Å². The van der Waals surface area contributed by atoms with Crippen molar-refractivity contribution in [3.8, 4) is 0 Å². The summed E-state index contributed by atoms with van der Waals surface area (Å²) < 4.78 is 7.64. The van der Waals surface area contributed by atoms with Crippen LogP contribution in [-0.2, 0) is 11.3 Å². The molecule has 0 amide bonds.